The molecule has 0 spiro atoms. The Morgan fingerprint density at radius 2 is 2.00 bits per heavy atom. The standard InChI is InChI=1S/C14H17FN2O/c1-3-14(4-2,10-16)17-13(18)9-11-7-5-6-8-12(11)15/h5-8H,3-4,9H2,1-2H3,(H,17,18). The molecule has 4 heteroatoms. The maximum Gasteiger partial charge on any atom is 0.225 e. The van der Waals surface area contributed by atoms with Crippen LogP contribution < -0.4 is 5.32 Å². The molecule has 0 aromatic heterocycles. The minimum absolute atomic E-state index is 0.0455. The Labute approximate surface area is 107 Å². The number of nitriles is 1. The van der Waals surface area contributed by atoms with E-state index in [4.69, 9.17) is 5.26 Å². The zero-order valence-electron chi connectivity index (χ0n) is 10.7. The molecule has 1 amide bonds. The van der Waals surface area contributed by atoms with Crippen molar-refractivity contribution >= 4 is 5.91 Å². The molecular formula is C14H17FN2O. The Kier molecular flexibility index (Phi) is 4.85. The second-order valence-electron chi connectivity index (χ2n) is 4.22. The Balaban J connectivity index is 2.74. The molecular weight excluding hydrogens is 231 g/mol. The molecule has 0 aliphatic carbocycles. The second kappa shape index (κ2) is 6.15. The van der Waals surface area contributed by atoms with Gasteiger partial charge in [0.15, 0.2) is 0 Å². The van der Waals surface area contributed by atoms with Crippen molar-refractivity contribution in [2.75, 3.05) is 0 Å². The number of nitrogens with one attached hydrogen (secondary N) is 1. The molecule has 0 radical (unpaired) electrons. The molecule has 0 saturated heterocycles. The van der Waals surface area contributed by atoms with E-state index in [1.807, 2.05) is 13.8 Å². The number of nitrogens with zero attached hydrogens (tertiary/aromatic N) is 1. The summed E-state index contributed by atoms with van der Waals surface area (Å²) in [4.78, 5) is 11.8. The minimum atomic E-state index is -0.845. The van der Waals surface area contributed by atoms with Crippen molar-refractivity contribution in [3.8, 4) is 6.07 Å². The van der Waals surface area contributed by atoms with Crippen LogP contribution in [0.25, 0.3) is 0 Å². The number of hydrogen-bond acceptors (Lipinski definition) is 2. The van der Waals surface area contributed by atoms with Gasteiger partial charge in [-0.3, -0.25) is 4.79 Å². The molecule has 1 aromatic carbocycles. The summed E-state index contributed by atoms with van der Waals surface area (Å²) >= 11 is 0. The van der Waals surface area contributed by atoms with E-state index in [2.05, 4.69) is 11.4 Å². The van der Waals surface area contributed by atoms with Gasteiger partial charge in [0.1, 0.15) is 11.4 Å². The molecule has 0 heterocycles. The van der Waals surface area contributed by atoms with Crippen LogP contribution in [0.4, 0.5) is 4.39 Å². The van der Waals surface area contributed by atoms with Crippen LogP contribution in [-0.4, -0.2) is 11.4 Å². The first-order chi connectivity index (χ1) is 8.56. The molecule has 1 N–H and O–H groups in total. The molecule has 1 rings (SSSR count). The minimum Gasteiger partial charge on any atom is -0.338 e. The molecule has 3 nitrogen and oxygen atoms in total. The molecule has 96 valence electrons. The zero-order valence-corrected chi connectivity index (χ0v) is 10.7. The number of carbonyl (C=O) groups is 1. The van der Waals surface area contributed by atoms with E-state index in [-0.39, 0.29) is 12.3 Å². The lowest BCUT2D eigenvalue weighted by molar-refractivity contribution is -0.121. The van der Waals surface area contributed by atoms with E-state index >= 15 is 0 Å². The molecule has 18 heavy (non-hydrogen) atoms. The Hall–Kier alpha value is -1.89. The highest BCUT2D eigenvalue weighted by molar-refractivity contribution is 5.79. The average molecular weight is 248 g/mol. The van der Waals surface area contributed by atoms with Crippen molar-refractivity contribution in [3.63, 3.8) is 0 Å². The van der Waals surface area contributed by atoms with Crippen LogP contribution in [0, 0.1) is 17.1 Å². The maximum atomic E-state index is 13.4. The van der Waals surface area contributed by atoms with E-state index in [0.717, 1.165) is 0 Å². The predicted molar refractivity (Wildman–Crippen MR) is 67.2 cm³/mol. The van der Waals surface area contributed by atoms with Gasteiger partial charge in [-0.25, -0.2) is 4.39 Å². The van der Waals surface area contributed by atoms with Crippen LogP contribution in [0.2, 0.25) is 0 Å². The van der Waals surface area contributed by atoms with E-state index < -0.39 is 11.4 Å². The lowest BCUT2D eigenvalue weighted by Crippen LogP contribution is -2.47. The van der Waals surface area contributed by atoms with Gasteiger partial charge >= 0.3 is 0 Å². The van der Waals surface area contributed by atoms with Crippen LogP contribution in [0.3, 0.4) is 0 Å². The summed E-state index contributed by atoms with van der Waals surface area (Å²) in [6, 6.07) is 8.27. The predicted octanol–water partition coefficient (Wildman–Crippen LogP) is 2.57. The Morgan fingerprint density at radius 3 is 2.50 bits per heavy atom. The van der Waals surface area contributed by atoms with Crippen molar-refractivity contribution in [1.29, 1.82) is 5.26 Å². The summed E-state index contributed by atoms with van der Waals surface area (Å²) in [7, 11) is 0. The number of amides is 1. The third kappa shape index (κ3) is 3.30. The third-order valence-corrected chi connectivity index (χ3v) is 3.11. The van der Waals surface area contributed by atoms with Crippen molar-refractivity contribution in [3.05, 3.63) is 35.6 Å². The fraction of sp³-hybridized carbons (Fsp3) is 0.429. The first-order valence-corrected chi connectivity index (χ1v) is 6.02. The molecule has 0 unspecified atom stereocenters. The van der Waals surface area contributed by atoms with Crippen molar-refractivity contribution in [2.24, 2.45) is 0 Å². The zero-order chi connectivity index (χ0) is 13.6. The number of carbonyl (C=O) groups excluding carboxylic acids is 1. The van der Waals surface area contributed by atoms with Crippen LogP contribution in [-0.2, 0) is 11.2 Å². The topological polar surface area (TPSA) is 52.9 Å². The lowest BCUT2D eigenvalue weighted by atomic mass is 9.94. The highest BCUT2D eigenvalue weighted by Crippen LogP contribution is 2.14. The van der Waals surface area contributed by atoms with Crippen LogP contribution in [0.5, 0.6) is 0 Å². The highest BCUT2D eigenvalue weighted by Gasteiger charge is 2.27. The Bertz CT molecular complexity index is 461. The highest BCUT2D eigenvalue weighted by atomic mass is 19.1. The summed E-state index contributed by atoms with van der Waals surface area (Å²) in [5, 5.41) is 11.8. The summed E-state index contributed by atoms with van der Waals surface area (Å²) in [5.74, 6) is -0.728. The van der Waals surface area contributed by atoms with Gasteiger partial charge in [0.2, 0.25) is 5.91 Å². The third-order valence-electron chi connectivity index (χ3n) is 3.11. The summed E-state index contributed by atoms with van der Waals surface area (Å²) in [5.41, 5.74) is -0.503. The quantitative estimate of drug-likeness (QED) is 0.870. The van der Waals surface area contributed by atoms with Crippen LogP contribution >= 0.6 is 0 Å². The van der Waals surface area contributed by atoms with Crippen molar-refractivity contribution in [1.82, 2.24) is 5.32 Å². The number of benzene rings is 1. The summed E-state index contributed by atoms with van der Waals surface area (Å²) in [6.07, 6.45) is 1.02. The van der Waals surface area contributed by atoms with E-state index in [9.17, 15) is 9.18 Å². The molecule has 0 aliphatic heterocycles. The molecule has 0 aliphatic rings. The van der Waals surface area contributed by atoms with Gasteiger partial charge in [-0.15, -0.1) is 0 Å². The molecule has 0 fully saturated rings. The fourth-order valence-corrected chi connectivity index (χ4v) is 1.74. The normalized spacial score (nSPS) is 10.8. The van der Waals surface area contributed by atoms with Crippen LogP contribution in [0.1, 0.15) is 32.3 Å². The van der Waals surface area contributed by atoms with Gasteiger partial charge in [-0.2, -0.15) is 5.26 Å². The van der Waals surface area contributed by atoms with Crippen molar-refractivity contribution in [2.45, 2.75) is 38.6 Å². The molecule has 0 saturated carbocycles. The summed E-state index contributed by atoms with van der Waals surface area (Å²) in [6.45, 7) is 3.69. The average Bonchev–Trinajstić information content (AvgIpc) is 2.39. The van der Waals surface area contributed by atoms with Gasteiger partial charge in [-0.1, -0.05) is 32.0 Å². The van der Waals surface area contributed by atoms with E-state index in [1.54, 1.807) is 18.2 Å². The monoisotopic (exact) mass is 248 g/mol. The van der Waals surface area contributed by atoms with Gasteiger partial charge in [-0.05, 0) is 24.5 Å². The molecule has 0 bridgehead atoms. The Morgan fingerprint density at radius 1 is 1.39 bits per heavy atom. The number of hydrogen-bond donors (Lipinski definition) is 1. The summed E-state index contributed by atoms with van der Waals surface area (Å²) < 4.78 is 13.4. The first-order valence-electron chi connectivity index (χ1n) is 6.02. The fourth-order valence-electron chi connectivity index (χ4n) is 1.74. The van der Waals surface area contributed by atoms with Gasteiger partial charge in [0, 0.05) is 0 Å². The van der Waals surface area contributed by atoms with Crippen molar-refractivity contribution < 1.29 is 9.18 Å². The lowest BCUT2D eigenvalue weighted by Gasteiger charge is -2.24. The smallest absolute Gasteiger partial charge is 0.225 e. The first kappa shape index (κ1) is 14.2. The van der Waals surface area contributed by atoms with E-state index in [0.29, 0.717) is 18.4 Å². The van der Waals surface area contributed by atoms with Gasteiger partial charge in [0.25, 0.3) is 0 Å². The second-order valence-corrected chi connectivity index (χ2v) is 4.22. The van der Waals surface area contributed by atoms with Gasteiger partial charge < -0.3 is 5.32 Å². The SMILES string of the molecule is CCC(C#N)(CC)NC(=O)Cc1ccccc1F. The van der Waals surface area contributed by atoms with Crippen LogP contribution in [0.15, 0.2) is 24.3 Å². The number of halogens is 1. The number of rotatable bonds is 5. The van der Waals surface area contributed by atoms with Gasteiger partial charge in [0.05, 0.1) is 12.5 Å². The molecule has 0 atom stereocenters. The van der Waals surface area contributed by atoms with E-state index in [1.165, 1.54) is 6.07 Å². The maximum absolute atomic E-state index is 13.4. The molecule has 1 aromatic rings. The largest absolute Gasteiger partial charge is 0.338 e.